The van der Waals surface area contributed by atoms with Crippen molar-refractivity contribution in [2.45, 2.75) is 38.5 Å². The second-order valence-electron chi connectivity index (χ2n) is 5.78. The van der Waals surface area contributed by atoms with E-state index in [1.54, 1.807) is 6.92 Å². The molecule has 1 atom stereocenters. The first-order valence-corrected chi connectivity index (χ1v) is 7.72. The second kappa shape index (κ2) is 7.68. The van der Waals surface area contributed by atoms with Crippen molar-refractivity contribution in [3.05, 3.63) is 29.8 Å². The van der Waals surface area contributed by atoms with Gasteiger partial charge in [-0.2, -0.15) is 13.2 Å². The van der Waals surface area contributed by atoms with E-state index in [0.29, 0.717) is 6.54 Å². The molecule has 1 amide bonds. The number of piperidine rings is 1. The average Bonchev–Trinajstić information content (AvgIpc) is 2.47. The van der Waals surface area contributed by atoms with Gasteiger partial charge in [0.25, 0.3) is 0 Å². The Labute approximate surface area is 133 Å². The van der Waals surface area contributed by atoms with Gasteiger partial charge < -0.3 is 4.74 Å². The number of ether oxygens (including phenoxy) is 1. The summed E-state index contributed by atoms with van der Waals surface area (Å²) in [6.07, 6.45) is -2.00. The molecule has 1 aromatic carbocycles. The second-order valence-corrected chi connectivity index (χ2v) is 5.78. The highest BCUT2D eigenvalue weighted by Gasteiger charge is 2.30. The summed E-state index contributed by atoms with van der Waals surface area (Å²) in [6, 6.07) is 4.48. The lowest BCUT2D eigenvalue weighted by Crippen LogP contribution is -2.37. The Balaban J connectivity index is 1.84. The van der Waals surface area contributed by atoms with E-state index in [9.17, 15) is 18.0 Å². The zero-order valence-corrected chi connectivity index (χ0v) is 13.0. The molecule has 1 fully saturated rings. The molecule has 1 aliphatic heterocycles. The molecule has 1 N–H and O–H groups in total. The third-order valence-corrected chi connectivity index (χ3v) is 3.71. The van der Waals surface area contributed by atoms with Crippen molar-refractivity contribution >= 4 is 11.8 Å². The molecule has 1 aliphatic rings. The molecule has 0 saturated carbocycles. The van der Waals surface area contributed by atoms with E-state index in [4.69, 9.17) is 4.74 Å². The molecule has 4 nitrogen and oxygen atoms in total. The van der Waals surface area contributed by atoms with Crippen LogP contribution in [0.4, 0.5) is 23.7 Å². The normalized spacial score (nSPS) is 17.6. The van der Waals surface area contributed by atoms with Gasteiger partial charge in [-0.05, 0) is 51.1 Å². The van der Waals surface area contributed by atoms with E-state index in [0.717, 1.165) is 38.1 Å². The van der Waals surface area contributed by atoms with E-state index in [-0.39, 0.29) is 11.8 Å². The van der Waals surface area contributed by atoms with Crippen LogP contribution in [-0.4, -0.2) is 36.7 Å². The summed E-state index contributed by atoms with van der Waals surface area (Å²) < 4.78 is 43.1. The minimum Gasteiger partial charge on any atom is -0.445 e. The Morgan fingerprint density at radius 3 is 2.65 bits per heavy atom. The van der Waals surface area contributed by atoms with Gasteiger partial charge in [-0.3, -0.25) is 10.2 Å². The first kappa shape index (κ1) is 17.6. The number of alkyl halides is 3. The highest BCUT2D eigenvalue weighted by Crippen LogP contribution is 2.30. The van der Waals surface area contributed by atoms with Gasteiger partial charge >= 0.3 is 12.3 Å². The quantitative estimate of drug-likeness (QED) is 0.902. The Hall–Kier alpha value is -1.76. The van der Waals surface area contributed by atoms with Crippen LogP contribution in [0.15, 0.2) is 24.3 Å². The zero-order chi connectivity index (χ0) is 16.9. The zero-order valence-electron chi connectivity index (χ0n) is 13.0. The first-order valence-electron chi connectivity index (χ1n) is 7.72. The van der Waals surface area contributed by atoms with Crippen LogP contribution in [0, 0.1) is 0 Å². The van der Waals surface area contributed by atoms with Gasteiger partial charge in [-0.25, -0.2) is 4.79 Å². The summed E-state index contributed by atoms with van der Waals surface area (Å²) in [7, 11) is 0. The molecule has 1 saturated heterocycles. The van der Waals surface area contributed by atoms with Crippen LogP contribution in [0.1, 0.15) is 31.7 Å². The number of nitrogens with one attached hydrogen (secondary N) is 1. The van der Waals surface area contributed by atoms with Crippen molar-refractivity contribution in [3.63, 3.8) is 0 Å². The van der Waals surface area contributed by atoms with Crippen molar-refractivity contribution in [1.29, 1.82) is 0 Å². The van der Waals surface area contributed by atoms with Gasteiger partial charge in [0.1, 0.15) is 6.10 Å². The number of carbonyl (C=O) groups excluding carboxylic acids is 1. The molecule has 128 valence electrons. The van der Waals surface area contributed by atoms with Crippen LogP contribution in [0.5, 0.6) is 0 Å². The fraction of sp³-hybridized carbons (Fsp3) is 0.562. The lowest BCUT2D eigenvalue weighted by atomic mass is 10.1. The lowest BCUT2D eigenvalue weighted by molar-refractivity contribution is -0.137. The molecule has 0 bridgehead atoms. The minimum atomic E-state index is -4.44. The van der Waals surface area contributed by atoms with Crippen LogP contribution in [0.3, 0.4) is 0 Å². The SMILES string of the molecule is CC(CN1CCCCC1)OC(=O)Nc1cccc(C(F)(F)F)c1. The molecular formula is C16H21F3N2O2. The molecule has 0 aromatic heterocycles. The number of hydrogen-bond donors (Lipinski definition) is 1. The molecule has 1 unspecified atom stereocenters. The monoisotopic (exact) mass is 330 g/mol. The summed E-state index contributed by atoms with van der Waals surface area (Å²) in [5.74, 6) is 0. The van der Waals surface area contributed by atoms with Crippen molar-refractivity contribution in [1.82, 2.24) is 4.90 Å². The average molecular weight is 330 g/mol. The van der Waals surface area contributed by atoms with Crippen LogP contribution in [-0.2, 0) is 10.9 Å². The van der Waals surface area contributed by atoms with Gasteiger partial charge in [0.15, 0.2) is 0 Å². The van der Waals surface area contributed by atoms with Gasteiger partial charge in [0.2, 0.25) is 0 Å². The van der Waals surface area contributed by atoms with Crippen LogP contribution >= 0.6 is 0 Å². The maximum atomic E-state index is 12.6. The fourth-order valence-corrected chi connectivity index (χ4v) is 2.65. The van der Waals surface area contributed by atoms with Crippen molar-refractivity contribution in [2.24, 2.45) is 0 Å². The summed E-state index contributed by atoms with van der Waals surface area (Å²) >= 11 is 0. The largest absolute Gasteiger partial charge is 0.445 e. The number of likely N-dealkylation sites (tertiary alicyclic amines) is 1. The van der Waals surface area contributed by atoms with E-state index in [1.165, 1.54) is 18.6 Å². The first-order chi connectivity index (χ1) is 10.8. The minimum absolute atomic E-state index is 0.0648. The van der Waals surface area contributed by atoms with Crippen LogP contribution in [0.2, 0.25) is 0 Å². The van der Waals surface area contributed by atoms with Crippen molar-refractivity contribution < 1.29 is 22.7 Å². The van der Waals surface area contributed by atoms with Crippen LogP contribution < -0.4 is 5.32 Å². The number of benzene rings is 1. The number of carbonyl (C=O) groups is 1. The van der Waals surface area contributed by atoms with Crippen LogP contribution in [0.25, 0.3) is 0 Å². The van der Waals surface area contributed by atoms with E-state index in [1.807, 2.05) is 0 Å². The molecular weight excluding hydrogens is 309 g/mol. The molecule has 1 heterocycles. The van der Waals surface area contributed by atoms with Crippen molar-refractivity contribution in [3.8, 4) is 0 Å². The predicted octanol–water partition coefficient (Wildman–Crippen LogP) is 4.13. The molecule has 0 spiro atoms. The summed E-state index contributed by atoms with van der Waals surface area (Å²) in [4.78, 5) is 14.0. The Bertz CT molecular complexity index is 528. The highest BCUT2D eigenvalue weighted by atomic mass is 19.4. The van der Waals surface area contributed by atoms with E-state index >= 15 is 0 Å². The third-order valence-electron chi connectivity index (χ3n) is 3.71. The Morgan fingerprint density at radius 2 is 2.00 bits per heavy atom. The molecule has 1 aromatic rings. The maximum absolute atomic E-state index is 12.6. The van der Waals surface area contributed by atoms with Gasteiger partial charge in [0.05, 0.1) is 5.56 Å². The Morgan fingerprint density at radius 1 is 1.30 bits per heavy atom. The molecule has 7 heteroatoms. The number of hydrogen-bond acceptors (Lipinski definition) is 3. The molecule has 23 heavy (non-hydrogen) atoms. The summed E-state index contributed by atoms with van der Waals surface area (Å²) in [5, 5.41) is 2.34. The van der Waals surface area contributed by atoms with Gasteiger partial charge in [-0.15, -0.1) is 0 Å². The smallest absolute Gasteiger partial charge is 0.416 e. The van der Waals surface area contributed by atoms with Gasteiger partial charge in [-0.1, -0.05) is 12.5 Å². The Kier molecular flexibility index (Phi) is 5.87. The molecule has 0 radical (unpaired) electrons. The highest BCUT2D eigenvalue weighted by molar-refractivity contribution is 5.84. The van der Waals surface area contributed by atoms with E-state index in [2.05, 4.69) is 10.2 Å². The predicted molar refractivity (Wildman–Crippen MR) is 81.3 cm³/mol. The lowest BCUT2D eigenvalue weighted by Gasteiger charge is -2.28. The number of nitrogens with zero attached hydrogens (tertiary/aromatic N) is 1. The number of rotatable bonds is 4. The van der Waals surface area contributed by atoms with Crippen molar-refractivity contribution in [2.75, 3.05) is 25.0 Å². The van der Waals surface area contributed by atoms with Gasteiger partial charge in [0, 0.05) is 12.2 Å². The third kappa shape index (κ3) is 5.74. The molecule has 0 aliphatic carbocycles. The maximum Gasteiger partial charge on any atom is 0.416 e. The summed E-state index contributed by atoms with van der Waals surface area (Å²) in [5.41, 5.74) is -0.744. The topological polar surface area (TPSA) is 41.6 Å². The number of anilines is 1. The number of halogens is 3. The number of amides is 1. The summed E-state index contributed by atoms with van der Waals surface area (Å²) in [6.45, 7) is 4.39. The molecule has 2 rings (SSSR count). The standard InChI is InChI=1S/C16H21F3N2O2/c1-12(11-21-8-3-2-4-9-21)23-15(22)20-14-7-5-6-13(10-14)16(17,18)19/h5-7,10,12H,2-4,8-9,11H2,1H3,(H,20,22). The van der Waals surface area contributed by atoms with E-state index < -0.39 is 17.8 Å². The fourth-order valence-electron chi connectivity index (χ4n) is 2.65.